The average Bonchev–Trinajstić information content (AvgIpc) is 2.92. The Morgan fingerprint density at radius 2 is 2.17 bits per heavy atom. The molecule has 0 amide bonds. The fourth-order valence-corrected chi connectivity index (χ4v) is 3.57. The second-order valence-electron chi connectivity index (χ2n) is 6.81. The zero-order valence-corrected chi connectivity index (χ0v) is 14.5. The monoisotopic (exact) mass is 340 g/mol. The van der Waals surface area contributed by atoms with Gasteiger partial charge in [0.05, 0.1) is 12.1 Å². The first kappa shape index (κ1) is 17.9. The number of likely N-dealkylation sites (tertiary alicyclic amines) is 1. The van der Waals surface area contributed by atoms with Crippen LogP contribution in [0.25, 0.3) is 0 Å². The van der Waals surface area contributed by atoms with Crippen LogP contribution in [0.5, 0.6) is 0 Å². The Labute approximate surface area is 140 Å². The molecule has 1 aromatic heterocycles. The zero-order chi connectivity index (χ0) is 17.2. The molecule has 0 unspecified atom stereocenters. The van der Waals surface area contributed by atoms with E-state index in [1.165, 1.54) is 11.3 Å². The van der Waals surface area contributed by atoms with Gasteiger partial charge in [-0.05, 0) is 56.0 Å². The molecule has 6 nitrogen and oxygen atoms in total. The van der Waals surface area contributed by atoms with Crippen molar-refractivity contribution in [3.05, 3.63) is 22.4 Å². The summed E-state index contributed by atoms with van der Waals surface area (Å²) in [4.78, 5) is 25.8. The van der Waals surface area contributed by atoms with Gasteiger partial charge in [-0.25, -0.2) is 0 Å². The Kier molecular flexibility index (Phi) is 5.44. The van der Waals surface area contributed by atoms with E-state index in [-0.39, 0.29) is 5.97 Å². The number of ether oxygens (including phenoxy) is 1. The number of thiophene rings is 1. The van der Waals surface area contributed by atoms with Crippen molar-refractivity contribution < 1.29 is 19.4 Å². The number of piperidine rings is 1. The van der Waals surface area contributed by atoms with Crippen LogP contribution in [0.3, 0.4) is 0 Å². The van der Waals surface area contributed by atoms with E-state index in [1.54, 1.807) is 11.0 Å². The number of carbonyl (C=O) groups is 2. The molecular formula is C16H24N2O4S. The van der Waals surface area contributed by atoms with Gasteiger partial charge in [0.25, 0.3) is 0 Å². The van der Waals surface area contributed by atoms with Gasteiger partial charge >= 0.3 is 11.9 Å². The third-order valence-corrected chi connectivity index (χ3v) is 4.56. The number of rotatable bonds is 4. The molecule has 0 aliphatic carbocycles. The second kappa shape index (κ2) is 6.98. The summed E-state index contributed by atoms with van der Waals surface area (Å²) in [6.45, 7) is 5.97. The second-order valence-corrected chi connectivity index (χ2v) is 7.59. The smallest absolute Gasteiger partial charge is 0.325 e. The van der Waals surface area contributed by atoms with Crippen molar-refractivity contribution in [1.82, 2.24) is 4.90 Å². The highest BCUT2D eigenvalue weighted by Crippen LogP contribution is 2.32. The van der Waals surface area contributed by atoms with Crippen LogP contribution in [0.15, 0.2) is 16.8 Å². The maximum Gasteiger partial charge on any atom is 0.325 e. The highest BCUT2D eigenvalue weighted by atomic mass is 32.1. The van der Waals surface area contributed by atoms with E-state index in [4.69, 9.17) is 10.5 Å². The van der Waals surface area contributed by atoms with Crippen molar-refractivity contribution in [2.45, 2.75) is 51.4 Å². The summed E-state index contributed by atoms with van der Waals surface area (Å²) in [5.74, 6) is -1.82. The van der Waals surface area contributed by atoms with Gasteiger partial charge in [0.2, 0.25) is 0 Å². The minimum atomic E-state index is -0.955. The molecule has 128 valence electrons. The summed E-state index contributed by atoms with van der Waals surface area (Å²) in [5.41, 5.74) is 6.37. The van der Waals surface area contributed by atoms with Crippen molar-refractivity contribution in [3.8, 4) is 0 Å². The zero-order valence-electron chi connectivity index (χ0n) is 13.7. The minimum absolute atomic E-state index is 0.357. The lowest BCUT2D eigenvalue weighted by Gasteiger charge is -2.41. The summed E-state index contributed by atoms with van der Waals surface area (Å²) >= 11 is 1.44. The maximum atomic E-state index is 12.4. The Morgan fingerprint density at radius 3 is 2.70 bits per heavy atom. The normalized spacial score (nSPS) is 24.2. The van der Waals surface area contributed by atoms with Crippen molar-refractivity contribution in [2.24, 2.45) is 11.7 Å². The third kappa shape index (κ3) is 4.31. The van der Waals surface area contributed by atoms with Crippen LogP contribution < -0.4 is 5.73 Å². The molecule has 1 aliphatic heterocycles. The van der Waals surface area contributed by atoms with Gasteiger partial charge in [0.1, 0.15) is 11.6 Å². The first-order chi connectivity index (χ1) is 10.7. The van der Waals surface area contributed by atoms with E-state index in [0.717, 1.165) is 0 Å². The van der Waals surface area contributed by atoms with Crippen molar-refractivity contribution >= 4 is 23.3 Å². The largest absolute Gasteiger partial charge is 0.480 e. The predicted octanol–water partition coefficient (Wildman–Crippen LogP) is 2.21. The molecule has 0 spiro atoms. The molecule has 1 saturated heterocycles. The van der Waals surface area contributed by atoms with Crippen LogP contribution in [0.2, 0.25) is 0 Å². The number of nitrogens with two attached hydrogens (primary N) is 1. The standard InChI is InChI=1S/C16H24N2O4S/c1-16(2,3)22-15(21)11-5-4-7-18(13(11)17)12(14(19)20)10-6-8-23-9-10/h6,8-9,11-13H,4-5,7,17H2,1-3H3,(H,19,20)/t11-,12+,13+/m0/s1. The lowest BCUT2D eigenvalue weighted by Crippen LogP contribution is -2.56. The van der Waals surface area contributed by atoms with Crippen molar-refractivity contribution in [1.29, 1.82) is 0 Å². The van der Waals surface area contributed by atoms with E-state index in [0.29, 0.717) is 24.9 Å². The van der Waals surface area contributed by atoms with Gasteiger partial charge in [-0.2, -0.15) is 11.3 Å². The number of hydrogen-bond acceptors (Lipinski definition) is 6. The molecule has 3 atom stereocenters. The maximum absolute atomic E-state index is 12.4. The van der Waals surface area contributed by atoms with Crippen LogP contribution in [-0.4, -0.2) is 40.3 Å². The van der Waals surface area contributed by atoms with E-state index in [9.17, 15) is 14.7 Å². The number of carboxylic acids is 1. The van der Waals surface area contributed by atoms with Gasteiger partial charge in [0, 0.05) is 6.54 Å². The lowest BCUT2D eigenvalue weighted by atomic mass is 9.92. The van der Waals surface area contributed by atoms with Crippen LogP contribution in [0.1, 0.15) is 45.2 Å². The first-order valence-corrected chi connectivity index (χ1v) is 8.64. The van der Waals surface area contributed by atoms with E-state index in [1.807, 2.05) is 31.5 Å². The topological polar surface area (TPSA) is 92.9 Å². The fraction of sp³-hybridized carbons (Fsp3) is 0.625. The van der Waals surface area contributed by atoms with Crippen LogP contribution in [0, 0.1) is 5.92 Å². The first-order valence-electron chi connectivity index (χ1n) is 7.70. The van der Waals surface area contributed by atoms with Gasteiger partial charge in [0.15, 0.2) is 0 Å². The van der Waals surface area contributed by atoms with Crippen LogP contribution in [-0.2, 0) is 14.3 Å². The minimum Gasteiger partial charge on any atom is -0.480 e. The lowest BCUT2D eigenvalue weighted by molar-refractivity contribution is -0.167. The van der Waals surface area contributed by atoms with E-state index < -0.39 is 29.7 Å². The van der Waals surface area contributed by atoms with Crippen molar-refractivity contribution in [2.75, 3.05) is 6.54 Å². The SMILES string of the molecule is CC(C)(C)OC(=O)[C@H]1CCCN([C@@H](C(=O)O)c2ccsc2)[C@H]1N. The van der Waals surface area contributed by atoms with E-state index in [2.05, 4.69) is 0 Å². The van der Waals surface area contributed by atoms with Crippen molar-refractivity contribution in [3.63, 3.8) is 0 Å². The Bertz CT molecular complexity index is 553. The third-order valence-electron chi connectivity index (χ3n) is 3.86. The number of carbonyl (C=O) groups excluding carboxylic acids is 1. The average molecular weight is 340 g/mol. The van der Waals surface area contributed by atoms with Gasteiger partial charge in [-0.3, -0.25) is 14.5 Å². The molecule has 2 rings (SSSR count). The van der Waals surface area contributed by atoms with Gasteiger partial charge in [-0.15, -0.1) is 0 Å². The highest BCUT2D eigenvalue weighted by molar-refractivity contribution is 7.08. The highest BCUT2D eigenvalue weighted by Gasteiger charge is 2.41. The summed E-state index contributed by atoms with van der Waals surface area (Å²) in [7, 11) is 0. The molecule has 23 heavy (non-hydrogen) atoms. The summed E-state index contributed by atoms with van der Waals surface area (Å²) in [5, 5.41) is 13.3. The summed E-state index contributed by atoms with van der Waals surface area (Å²) in [6, 6.07) is 0.953. The molecule has 3 N–H and O–H groups in total. The van der Waals surface area contributed by atoms with Gasteiger partial charge in [-0.1, -0.05) is 0 Å². The van der Waals surface area contributed by atoms with Crippen LogP contribution >= 0.6 is 11.3 Å². The predicted molar refractivity (Wildman–Crippen MR) is 87.9 cm³/mol. The number of hydrogen-bond donors (Lipinski definition) is 2. The summed E-state index contributed by atoms with van der Waals surface area (Å²) < 4.78 is 5.44. The quantitative estimate of drug-likeness (QED) is 0.816. The summed E-state index contributed by atoms with van der Waals surface area (Å²) in [6.07, 6.45) is 0.660. The molecule has 7 heteroatoms. The Morgan fingerprint density at radius 1 is 1.48 bits per heavy atom. The Hall–Kier alpha value is -1.44. The number of esters is 1. The van der Waals surface area contributed by atoms with Gasteiger partial charge < -0.3 is 15.6 Å². The fourth-order valence-electron chi connectivity index (χ4n) is 2.89. The molecule has 0 aromatic carbocycles. The number of aliphatic carboxylic acids is 1. The molecule has 0 bridgehead atoms. The molecule has 1 aliphatic rings. The Balaban J connectivity index is 2.19. The molecule has 2 heterocycles. The van der Waals surface area contributed by atoms with E-state index >= 15 is 0 Å². The van der Waals surface area contributed by atoms with Crippen LogP contribution in [0.4, 0.5) is 0 Å². The molecule has 1 fully saturated rings. The number of carboxylic acid groups (broad SMARTS) is 1. The number of nitrogens with zero attached hydrogens (tertiary/aromatic N) is 1. The molecule has 0 saturated carbocycles. The molecular weight excluding hydrogens is 316 g/mol. The molecule has 0 radical (unpaired) electrons. The molecule has 1 aromatic rings.